The standard InChI is InChI=1S/C16H31BO2/c1-3-18-17(19-4-2)16-14-12-10-8-6-5-7-9-11-13-15-16/h14H,3-13,15H2,1-2H3/b16-14+. The van der Waals surface area contributed by atoms with Crippen LogP contribution in [0.25, 0.3) is 0 Å². The highest BCUT2D eigenvalue weighted by molar-refractivity contribution is 6.53. The highest BCUT2D eigenvalue weighted by Crippen LogP contribution is 2.19. The van der Waals surface area contributed by atoms with Crippen molar-refractivity contribution < 1.29 is 9.31 Å². The first-order chi connectivity index (χ1) is 9.38. The molecule has 0 spiro atoms. The van der Waals surface area contributed by atoms with Gasteiger partial charge in [-0.25, -0.2) is 0 Å². The highest BCUT2D eigenvalue weighted by atomic mass is 16.6. The van der Waals surface area contributed by atoms with Gasteiger partial charge in [0.25, 0.3) is 0 Å². The number of allylic oxidation sites excluding steroid dienone is 2. The molecule has 0 aromatic rings. The zero-order chi connectivity index (χ0) is 13.8. The van der Waals surface area contributed by atoms with E-state index in [0.717, 1.165) is 19.6 Å². The lowest BCUT2D eigenvalue weighted by Crippen LogP contribution is -2.26. The molecule has 0 saturated heterocycles. The lowest BCUT2D eigenvalue weighted by molar-refractivity contribution is 0.220. The van der Waals surface area contributed by atoms with E-state index in [4.69, 9.17) is 9.31 Å². The second kappa shape index (κ2) is 11.5. The van der Waals surface area contributed by atoms with E-state index in [-0.39, 0.29) is 7.12 Å². The molecule has 0 radical (unpaired) electrons. The van der Waals surface area contributed by atoms with Crippen molar-refractivity contribution in [2.75, 3.05) is 13.2 Å². The SMILES string of the molecule is CCOB(OCC)/C1=C/CCCCCCCCCC1. The number of hydrogen-bond donors (Lipinski definition) is 0. The molecule has 1 rings (SSSR count). The van der Waals surface area contributed by atoms with Gasteiger partial charge in [-0.1, -0.05) is 51.0 Å². The summed E-state index contributed by atoms with van der Waals surface area (Å²) in [5, 5.41) is 0. The van der Waals surface area contributed by atoms with Crippen molar-refractivity contribution in [3.05, 3.63) is 11.5 Å². The predicted molar refractivity (Wildman–Crippen MR) is 83.3 cm³/mol. The predicted octanol–water partition coefficient (Wildman–Crippen LogP) is 4.93. The largest absolute Gasteiger partial charge is 0.489 e. The topological polar surface area (TPSA) is 18.5 Å². The van der Waals surface area contributed by atoms with Gasteiger partial charge < -0.3 is 9.31 Å². The van der Waals surface area contributed by atoms with Gasteiger partial charge in [-0.15, -0.1) is 0 Å². The second-order valence-electron chi connectivity index (χ2n) is 5.39. The third-order valence-corrected chi connectivity index (χ3v) is 3.76. The zero-order valence-electron chi connectivity index (χ0n) is 13.0. The van der Waals surface area contributed by atoms with Gasteiger partial charge in [-0.2, -0.15) is 0 Å². The summed E-state index contributed by atoms with van der Waals surface area (Å²) in [7, 11) is -0.0991. The minimum atomic E-state index is -0.0991. The molecule has 0 aromatic heterocycles. The van der Waals surface area contributed by atoms with Gasteiger partial charge in [0, 0.05) is 13.2 Å². The monoisotopic (exact) mass is 266 g/mol. The maximum atomic E-state index is 5.76. The molecular weight excluding hydrogens is 235 g/mol. The molecule has 0 fully saturated rings. The Morgan fingerprint density at radius 1 is 0.842 bits per heavy atom. The van der Waals surface area contributed by atoms with Crippen molar-refractivity contribution in [1.29, 1.82) is 0 Å². The van der Waals surface area contributed by atoms with Crippen LogP contribution in [0.4, 0.5) is 0 Å². The van der Waals surface area contributed by atoms with E-state index in [0.29, 0.717) is 0 Å². The number of rotatable bonds is 5. The van der Waals surface area contributed by atoms with Crippen molar-refractivity contribution in [2.24, 2.45) is 0 Å². The minimum Gasteiger partial charge on any atom is -0.408 e. The Kier molecular flexibility index (Phi) is 10.2. The Balaban J connectivity index is 2.55. The molecule has 19 heavy (non-hydrogen) atoms. The maximum absolute atomic E-state index is 5.76. The summed E-state index contributed by atoms with van der Waals surface area (Å²) < 4.78 is 11.5. The van der Waals surface area contributed by atoms with Gasteiger partial charge >= 0.3 is 7.12 Å². The van der Waals surface area contributed by atoms with Crippen LogP contribution in [0.1, 0.15) is 78.1 Å². The van der Waals surface area contributed by atoms with Crippen LogP contribution in [-0.4, -0.2) is 20.3 Å². The van der Waals surface area contributed by atoms with Crippen LogP contribution in [0.5, 0.6) is 0 Å². The third-order valence-electron chi connectivity index (χ3n) is 3.76. The fourth-order valence-corrected chi connectivity index (χ4v) is 2.70. The minimum absolute atomic E-state index is 0.0991. The molecule has 0 unspecified atom stereocenters. The van der Waals surface area contributed by atoms with E-state index in [2.05, 4.69) is 6.08 Å². The van der Waals surface area contributed by atoms with Crippen molar-refractivity contribution >= 4 is 7.12 Å². The fourth-order valence-electron chi connectivity index (χ4n) is 2.70. The first kappa shape index (κ1) is 16.8. The molecule has 110 valence electrons. The average Bonchev–Trinajstić information content (AvgIpc) is 2.39. The molecular formula is C16H31BO2. The lowest BCUT2D eigenvalue weighted by atomic mass is 9.74. The summed E-state index contributed by atoms with van der Waals surface area (Å²) in [4.78, 5) is 0. The Morgan fingerprint density at radius 2 is 1.37 bits per heavy atom. The maximum Gasteiger partial charge on any atom is 0.489 e. The average molecular weight is 266 g/mol. The Hall–Kier alpha value is -0.275. The lowest BCUT2D eigenvalue weighted by Gasteiger charge is -2.17. The molecule has 0 heterocycles. The molecule has 0 atom stereocenters. The fraction of sp³-hybridized carbons (Fsp3) is 0.875. The van der Waals surface area contributed by atoms with E-state index in [1.54, 1.807) is 0 Å². The zero-order valence-corrected chi connectivity index (χ0v) is 13.0. The highest BCUT2D eigenvalue weighted by Gasteiger charge is 2.22. The summed E-state index contributed by atoms with van der Waals surface area (Å²) in [6.07, 6.45) is 15.7. The quantitative estimate of drug-likeness (QED) is 0.657. The van der Waals surface area contributed by atoms with Crippen molar-refractivity contribution in [3.63, 3.8) is 0 Å². The Labute approximate surface area is 120 Å². The molecule has 2 nitrogen and oxygen atoms in total. The summed E-state index contributed by atoms with van der Waals surface area (Å²) in [5.74, 6) is 0. The van der Waals surface area contributed by atoms with E-state index in [1.807, 2.05) is 13.8 Å². The van der Waals surface area contributed by atoms with Crippen LogP contribution in [0.15, 0.2) is 11.5 Å². The van der Waals surface area contributed by atoms with E-state index < -0.39 is 0 Å². The van der Waals surface area contributed by atoms with Gasteiger partial charge in [0.2, 0.25) is 0 Å². The first-order valence-electron chi connectivity index (χ1n) is 8.30. The molecule has 0 aromatic carbocycles. The molecule has 0 N–H and O–H groups in total. The Morgan fingerprint density at radius 3 is 1.95 bits per heavy atom. The summed E-state index contributed by atoms with van der Waals surface area (Å²) >= 11 is 0. The van der Waals surface area contributed by atoms with E-state index in [9.17, 15) is 0 Å². The van der Waals surface area contributed by atoms with Crippen LogP contribution < -0.4 is 0 Å². The van der Waals surface area contributed by atoms with Gasteiger partial charge in [0.15, 0.2) is 0 Å². The normalized spacial score (nSPS) is 21.9. The van der Waals surface area contributed by atoms with Gasteiger partial charge in [-0.05, 0) is 38.6 Å². The van der Waals surface area contributed by atoms with Crippen molar-refractivity contribution in [1.82, 2.24) is 0 Å². The van der Waals surface area contributed by atoms with E-state index in [1.165, 1.54) is 63.3 Å². The van der Waals surface area contributed by atoms with Crippen LogP contribution in [0, 0.1) is 0 Å². The van der Waals surface area contributed by atoms with Crippen LogP contribution in [-0.2, 0) is 9.31 Å². The van der Waals surface area contributed by atoms with Crippen molar-refractivity contribution in [3.8, 4) is 0 Å². The molecule has 0 amide bonds. The van der Waals surface area contributed by atoms with Crippen LogP contribution in [0.2, 0.25) is 0 Å². The van der Waals surface area contributed by atoms with Crippen LogP contribution >= 0.6 is 0 Å². The molecule has 0 saturated carbocycles. The second-order valence-corrected chi connectivity index (χ2v) is 5.39. The molecule has 3 heteroatoms. The molecule has 1 aliphatic rings. The molecule has 0 bridgehead atoms. The smallest absolute Gasteiger partial charge is 0.408 e. The van der Waals surface area contributed by atoms with Gasteiger partial charge in [-0.3, -0.25) is 0 Å². The van der Waals surface area contributed by atoms with Crippen molar-refractivity contribution in [2.45, 2.75) is 78.1 Å². The van der Waals surface area contributed by atoms with Gasteiger partial charge in [0.05, 0.1) is 0 Å². The first-order valence-corrected chi connectivity index (χ1v) is 8.30. The van der Waals surface area contributed by atoms with Gasteiger partial charge in [0.1, 0.15) is 0 Å². The Bertz CT molecular complexity index is 235. The molecule has 1 aliphatic carbocycles. The summed E-state index contributed by atoms with van der Waals surface area (Å²) in [5.41, 5.74) is 1.38. The van der Waals surface area contributed by atoms with Crippen LogP contribution in [0.3, 0.4) is 0 Å². The van der Waals surface area contributed by atoms with E-state index >= 15 is 0 Å². The molecule has 0 aliphatic heterocycles. The third kappa shape index (κ3) is 7.79. The summed E-state index contributed by atoms with van der Waals surface area (Å²) in [6, 6.07) is 0. The number of hydrogen-bond acceptors (Lipinski definition) is 2. The summed E-state index contributed by atoms with van der Waals surface area (Å²) in [6.45, 7) is 5.54.